The molecular weight excluding hydrogens is 216 g/mol. The van der Waals surface area contributed by atoms with Crippen LogP contribution in [-0.4, -0.2) is 23.1 Å². The van der Waals surface area contributed by atoms with E-state index >= 15 is 0 Å². The summed E-state index contributed by atoms with van der Waals surface area (Å²) in [4.78, 5) is 0. The molecule has 0 spiro atoms. The summed E-state index contributed by atoms with van der Waals surface area (Å²) >= 11 is 0. The summed E-state index contributed by atoms with van der Waals surface area (Å²) in [7, 11) is 0. The molecule has 0 amide bonds. The third-order valence-electron chi connectivity index (χ3n) is 2.63. The SMILES string of the molecule is CCCC[CH-]CCCCCCC.[CH2-]CCC.[Mg+2]. The van der Waals surface area contributed by atoms with E-state index in [0.717, 1.165) is 6.42 Å². The number of hydrogen-bond acceptors (Lipinski definition) is 0. The van der Waals surface area contributed by atoms with Crippen LogP contribution in [0, 0.1) is 13.3 Å². The zero-order valence-corrected chi connectivity index (χ0v) is 14.2. The molecule has 0 N–H and O–H groups in total. The first-order valence-electron chi connectivity index (χ1n) is 7.44. The van der Waals surface area contributed by atoms with Crippen LogP contribution >= 0.6 is 0 Å². The van der Waals surface area contributed by atoms with Crippen LogP contribution in [0.4, 0.5) is 0 Å². The molecule has 0 radical (unpaired) electrons. The van der Waals surface area contributed by atoms with Gasteiger partial charge in [0.15, 0.2) is 0 Å². The van der Waals surface area contributed by atoms with E-state index in [4.69, 9.17) is 0 Å². The molecule has 100 valence electrons. The molecule has 0 aliphatic rings. The number of rotatable bonds is 10. The normalized spacial score (nSPS) is 9.18. The molecule has 0 unspecified atom stereocenters. The fourth-order valence-electron chi connectivity index (χ4n) is 1.39. The minimum absolute atomic E-state index is 0. The molecule has 0 aromatic heterocycles. The third-order valence-corrected chi connectivity index (χ3v) is 2.63. The summed E-state index contributed by atoms with van der Waals surface area (Å²) in [6, 6.07) is 0. The van der Waals surface area contributed by atoms with Crippen molar-refractivity contribution >= 4 is 23.1 Å². The molecule has 0 saturated carbocycles. The standard InChI is InChI=1S/C12H25.C4H9.Mg/c1-3-5-7-9-11-12-10-8-6-4-2;1-3-4-2;/h9H,3-8,10-12H2,1-2H3;1,3-4H2,2H3;/q2*-1;+2. The molecule has 0 aromatic carbocycles. The van der Waals surface area contributed by atoms with Gasteiger partial charge in [-0.3, -0.25) is 0 Å². The van der Waals surface area contributed by atoms with Crippen LogP contribution < -0.4 is 0 Å². The van der Waals surface area contributed by atoms with Gasteiger partial charge >= 0.3 is 23.1 Å². The molecular formula is C16H34Mg. The van der Waals surface area contributed by atoms with Crippen molar-refractivity contribution in [3.05, 3.63) is 13.3 Å². The Balaban J connectivity index is -0.000000340. The Morgan fingerprint density at radius 2 is 1.18 bits per heavy atom. The molecule has 1 heteroatoms. The first-order valence-corrected chi connectivity index (χ1v) is 7.44. The second-order valence-corrected chi connectivity index (χ2v) is 4.49. The van der Waals surface area contributed by atoms with Crippen LogP contribution in [0.3, 0.4) is 0 Å². The molecule has 0 aliphatic carbocycles. The second kappa shape index (κ2) is 25.6. The summed E-state index contributed by atoms with van der Waals surface area (Å²) in [6.07, 6.45) is 17.2. The van der Waals surface area contributed by atoms with E-state index in [0.29, 0.717) is 0 Å². The third kappa shape index (κ3) is 31.5. The van der Waals surface area contributed by atoms with Gasteiger partial charge in [0, 0.05) is 0 Å². The van der Waals surface area contributed by atoms with Crippen molar-refractivity contribution in [2.75, 3.05) is 0 Å². The Morgan fingerprint density at radius 3 is 1.65 bits per heavy atom. The van der Waals surface area contributed by atoms with E-state index in [-0.39, 0.29) is 23.1 Å². The molecule has 0 bridgehead atoms. The fraction of sp³-hybridized carbons (Fsp3) is 0.875. The van der Waals surface area contributed by atoms with E-state index in [1.54, 1.807) is 0 Å². The van der Waals surface area contributed by atoms with Gasteiger partial charge in [0.2, 0.25) is 0 Å². The second-order valence-electron chi connectivity index (χ2n) is 4.49. The molecule has 0 saturated heterocycles. The Kier molecular flexibility index (Phi) is 34.5. The quantitative estimate of drug-likeness (QED) is 0.254. The predicted octanol–water partition coefficient (Wildman–Crippen LogP) is 5.98. The van der Waals surface area contributed by atoms with Gasteiger partial charge in [0.1, 0.15) is 0 Å². The van der Waals surface area contributed by atoms with Crippen molar-refractivity contribution in [1.29, 1.82) is 0 Å². The van der Waals surface area contributed by atoms with Crippen molar-refractivity contribution in [1.82, 2.24) is 0 Å². The van der Waals surface area contributed by atoms with Crippen LogP contribution in [-0.2, 0) is 0 Å². The predicted molar refractivity (Wildman–Crippen MR) is 83.2 cm³/mol. The first-order chi connectivity index (χ1) is 7.83. The summed E-state index contributed by atoms with van der Waals surface area (Å²) < 4.78 is 0. The monoisotopic (exact) mass is 250 g/mol. The van der Waals surface area contributed by atoms with Crippen LogP contribution in [0.25, 0.3) is 0 Å². The summed E-state index contributed by atoms with van der Waals surface area (Å²) in [5.41, 5.74) is 0. The maximum atomic E-state index is 3.60. The zero-order chi connectivity index (χ0) is 12.5. The van der Waals surface area contributed by atoms with E-state index in [1.165, 1.54) is 64.2 Å². The molecule has 17 heavy (non-hydrogen) atoms. The summed E-state index contributed by atoms with van der Waals surface area (Å²) in [5, 5.41) is 0. The number of hydrogen-bond donors (Lipinski definition) is 0. The zero-order valence-electron chi connectivity index (χ0n) is 12.8. The fourth-order valence-corrected chi connectivity index (χ4v) is 1.39. The molecule has 0 rings (SSSR count). The topological polar surface area (TPSA) is 0 Å². The van der Waals surface area contributed by atoms with Gasteiger partial charge in [-0.15, -0.1) is 0 Å². The van der Waals surface area contributed by atoms with E-state index in [2.05, 4.69) is 34.1 Å². The molecule has 0 fully saturated rings. The molecule has 0 aromatic rings. The van der Waals surface area contributed by atoms with Crippen molar-refractivity contribution in [3.63, 3.8) is 0 Å². The maximum Gasteiger partial charge on any atom is 2.00 e. The van der Waals surface area contributed by atoms with Crippen LogP contribution in [0.15, 0.2) is 0 Å². The smallest absolute Gasteiger partial charge is 0.343 e. The van der Waals surface area contributed by atoms with Gasteiger partial charge in [-0.2, -0.15) is 19.3 Å². The van der Waals surface area contributed by atoms with Crippen molar-refractivity contribution < 1.29 is 0 Å². The average Bonchev–Trinajstić information content (AvgIpc) is 2.33. The summed E-state index contributed by atoms with van der Waals surface area (Å²) in [5.74, 6) is 0. The minimum atomic E-state index is 0. The van der Waals surface area contributed by atoms with Crippen molar-refractivity contribution in [2.24, 2.45) is 0 Å². The molecule has 0 nitrogen and oxygen atoms in total. The van der Waals surface area contributed by atoms with Gasteiger partial charge in [-0.05, 0) is 0 Å². The minimum Gasteiger partial charge on any atom is -0.343 e. The van der Waals surface area contributed by atoms with E-state index in [9.17, 15) is 0 Å². The van der Waals surface area contributed by atoms with Gasteiger partial charge < -0.3 is 13.3 Å². The van der Waals surface area contributed by atoms with Gasteiger partial charge in [-0.25, -0.2) is 0 Å². The molecule has 0 atom stereocenters. The van der Waals surface area contributed by atoms with Crippen LogP contribution in [0.1, 0.15) is 91.4 Å². The van der Waals surface area contributed by atoms with Crippen molar-refractivity contribution in [2.45, 2.75) is 91.4 Å². The first kappa shape index (κ1) is 22.9. The maximum absolute atomic E-state index is 3.60. The number of unbranched alkanes of at least 4 members (excludes halogenated alkanes) is 10. The Morgan fingerprint density at radius 1 is 0.706 bits per heavy atom. The van der Waals surface area contributed by atoms with Gasteiger partial charge in [-0.1, -0.05) is 72.1 Å². The van der Waals surface area contributed by atoms with E-state index in [1.807, 2.05) is 0 Å². The van der Waals surface area contributed by atoms with Crippen molar-refractivity contribution in [3.8, 4) is 0 Å². The van der Waals surface area contributed by atoms with Gasteiger partial charge in [0.05, 0.1) is 0 Å². The Bertz CT molecular complexity index is 79.5. The van der Waals surface area contributed by atoms with Crippen LogP contribution in [0.5, 0.6) is 0 Å². The summed E-state index contributed by atoms with van der Waals surface area (Å²) in [6.45, 7) is 10.3. The largest absolute Gasteiger partial charge is 2.00 e. The Hall–Kier alpha value is 0.766. The van der Waals surface area contributed by atoms with Crippen LogP contribution in [0.2, 0.25) is 0 Å². The molecule has 0 heterocycles. The average molecular weight is 251 g/mol. The Labute approximate surface area is 127 Å². The van der Waals surface area contributed by atoms with Gasteiger partial charge in [0.25, 0.3) is 0 Å². The van der Waals surface area contributed by atoms with E-state index < -0.39 is 0 Å². The molecule has 0 aliphatic heterocycles.